The van der Waals surface area contributed by atoms with Crippen LogP contribution < -0.4 is 5.32 Å². The zero-order chi connectivity index (χ0) is 16.8. The van der Waals surface area contributed by atoms with Crippen molar-refractivity contribution in [2.24, 2.45) is 0 Å². The predicted molar refractivity (Wildman–Crippen MR) is 92.4 cm³/mol. The maximum absolute atomic E-state index is 12.3. The van der Waals surface area contributed by atoms with E-state index in [1.165, 1.54) is 17.0 Å². The van der Waals surface area contributed by atoms with E-state index in [2.05, 4.69) is 5.32 Å². The molecule has 1 N–H and O–H groups in total. The second kappa shape index (κ2) is 8.36. The maximum atomic E-state index is 12.3. The monoisotopic (exact) mass is 353 g/mol. The summed E-state index contributed by atoms with van der Waals surface area (Å²) < 4.78 is 24.6. The molecule has 1 atom stereocenters. The summed E-state index contributed by atoms with van der Waals surface area (Å²) in [6.07, 6.45) is 2.01. The summed E-state index contributed by atoms with van der Waals surface area (Å²) in [5.41, 5.74) is 1.47. The van der Waals surface area contributed by atoms with Gasteiger partial charge in [-0.1, -0.05) is 23.9 Å². The number of halogens is 2. The molecule has 0 radical (unpaired) electrons. The molecule has 0 bridgehead atoms. The highest BCUT2D eigenvalue weighted by Crippen LogP contribution is 2.25. The van der Waals surface area contributed by atoms with Gasteiger partial charge in [0.1, 0.15) is 0 Å². The molecule has 0 aliphatic heterocycles. The molecule has 0 saturated carbocycles. The molecule has 122 valence electrons. The van der Waals surface area contributed by atoms with Gasteiger partial charge >= 0.3 is 0 Å². The Kier molecular flexibility index (Phi) is 6.47. The van der Waals surface area contributed by atoms with Crippen LogP contribution in [0.4, 0.5) is 8.78 Å². The average molecular weight is 353 g/mol. The van der Waals surface area contributed by atoms with E-state index in [1.54, 1.807) is 23.9 Å². The molecule has 1 unspecified atom stereocenters. The Morgan fingerprint density at radius 3 is 2.09 bits per heavy atom. The first kappa shape index (κ1) is 17.8. The minimum atomic E-state index is -2.46. The van der Waals surface area contributed by atoms with Gasteiger partial charge in [0.2, 0.25) is 0 Å². The van der Waals surface area contributed by atoms with Crippen LogP contribution in [0.5, 0.6) is 0 Å². The van der Waals surface area contributed by atoms with Crippen LogP contribution in [-0.4, -0.2) is 17.9 Å². The SMILES string of the molecule is CSc1ccc(C(C)NC(=O)c2ccc(SC(F)F)cc2)cc1. The van der Waals surface area contributed by atoms with E-state index in [0.29, 0.717) is 22.2 Å². The quantitative estimate of drug-likeness (QED) is 0.723. The molecule has 0 aromatic heterocycles. The van der Waals surface area contributed by atoms with Crippen molar-refractivity contribution in [3.05, 3.63) is 59.7 Å². The van der Waals surface area contributed by atoms with Crippen molar-refractivity contribution in [3.63, 3.8) is 0 Å². The van der Waals surface area contributed by atoms with Gasteiger partial charge in [0.15, 0.2) is 0 Å². The van der Waals surface area contributed by atoms with Gasteiger partial charge in [-0.2, -0.15) is 8.78 Å². The molecule has 0 aliphatic rings. The molecule has 6 heteroatoms. The molecule has 23 heavy (non-hydrogen) atoms. The molecule has 2 rings (SSSR count). The minimum Gasteiger partial charge on any atom is -0.346 e. The highest BCUT2D eigenvalue weighted by atomic mass is 32.2. The Balaban J connectivity index is 1.99. The topological polar surface area (TPSA) is 29.1 Å². The normalized spacial score (nSPS) is 12.2. The standard InChI is InChI=1S/C17H17F2NOS2/c1-11(12-3-7-14(22-2)8-4-12)20-16(21)13-5-9-15(10-6-13)23-17(18)19/h3-11,17H,1-2H3,(H,20,21). The first-order chi connectivity index (χ1) is 11.0. The van der Waals surface area contributed by atoms with Gasteiger partial charge in [-0.15, -0.1) is 11.8 Å². The first-order valence-corrected chi connectivity index (χ1v) is 9.09. The first-order valence-electron chi connectivity index (χ1n) is 6.99. The molecule has 0 heterocycles. The van der Waals surface area contributed by atoms with Gasteiger partial charge < -0.3 is 5.32 Å². The van der Waals surface area contributed by atoms with E-state index in [-0.39, 0.29) is 11.9 Å². The van der Waals surface area contributed by atoms with Gasteiger partial charge in [-0.3, -0.25) is 4.79 Å². The van der Waals surface area contributed by atoms with Crippen LogP contribution in [0.15, 0.2) is 58.3 Å². The smallest absolute Gasteiger partial charge is 0.288 e. The number of nitrogens with one attached hydrogen (secondary N) is 1. The van der Waals surface area contributed by atoms with Crippen LogP contribution in [0.3, 0.4) is 0 Å². The third kappa shape index (κ3) is 5.25. The maximum Gasteiger partial charge on any atom is 0.288 e. The number of hydrogen-bond donors (Lipinski definition) is 1. The summed E-state index contributed by atoms with van der Waals surface area (Å²) in [5, 5.41) is 2.91. The molecule has 0 spiro atoms. The van der Waals surface area contributed by atoms with Crippen LogP contribution in [0, 0.1) is 0 Å². The number of rotatable bonds is 6. The second-order valence-corrected chi connectivity index (χ2v) is 6.81. The highest BCUT2D eigenvalue weighted by molar-refractivity contribution is 7.99. The summed E-state index contributed by atoms with van der Waals surface area (Å²) >= 11 is 2.13. The summed E-state index contributed by atoms with van der Waals surface area (Å²) in [7, 11) is 0. The van der Waals surface area contributed by atoms with Gasteiger partial charge in [0, 0.05) is 15.4 Å². The van der Waals surface area contributed by atoms with E-state index < -0.39 is 5.76 Å². The van der Waals surface area contributed by atoms with Crippen LogP contribution in [-0.2, 0) is 0 Å². The van der Waals surface area contributed by atoms with Crippen molar-refractivity contribution in [2.45, 2.75) is 28.5 Å². The van der Waals surface area contributed by atoms with Crippen LogP contribution in [0.25, 0.3) is 0 Å². The molecule has 2 aromatic rings. The molecule has 0 fully saturated rings. The number of carbonyl (C=O) groups excluding carboxylic acids is 1. The van der Waals surface area contributed by atoms with E-state index in [4.69, 9.17) is 0 Å². The van der Waals surface area contributed by atoms with Crippen molar-refractivity contribution in [3.8, 4) is 0 Å². The van der Waals surface area contributed by atoms with Gasteiger partial charge in [-0.25, -0.2) is 0 Å². The zero-order valence-corrected chi connectivity index (χ0v) is 14.4. The Morgan fingerprint density at radius 1 is 1.00 bits per heavy atom. The number of carbonyl (C=O) groups is 1. The lowest BCUT2D eigenvalue weighted by Crippen LogP contribution is -2.26. The van der Waals surface area contributed by atoms with Crippen molar-refractivity contribution in [1.29, 1.82) is 0 Å². The lowest BCUT2D eigenvalue weighted by Gasteiger charge is -2.15. The molecular weight excluding hydrogens is 336 g/mol. The van der Waals surface area contributed by atoms with Crippen LogP contribution in [0.2, 0.25) is 0 Å². The second-order valence-electron chi connectivity index (χ2n) is 4.87. The van der Waals surface area contributed by atoms with Gasteiger partial charge in [-0.05, 0) is 55.1 Å². The predicted octanol–water partition coefficient (Wildman–Crippen LogP) is 5.21. The van der Waals surface area contributed by atoms with Crippen LogP contribution in [0.1, 0.15) is 28.9 Å². The average Bonchev–Trinajstić information content (AvgIpc) is 2.55. The largest absolute Gasteiger partial charge is 0.346 e. The number of alkyl halides is 2. The molecule has 1 amide bonds. The van der Waals surface area contributed by atoms with E-state index in [1.807, 2.05) is 37.4 Å². The van der Waals surface area contributed by atoms with Crippen molar-refractivity contribution in [2.75, 3.05) is 6.26 Å². The Bertz CT molecular complexity index is 645. The Hall–Kier alpha value is -1.53. The van der Waals surface area contributed by atoms with Gasteiger partial charge in [0.25, 0.3) is 11.7 Å². The summed E-state index contributed by atoms with van der Waals surface area (Å²) in [6.45, 7) is 1.91. The number of benzene rings is 2. The lowest BCUT2D eigenvalue weighted by molar-refractivity contribution is 0.0940. The molecule has 2 nitrogen and oxygen atoms in total. The van der Waals surface area contributed by atoms with Crippen molar-refractivity contribution >= 4 is 29.4 Å². The number of hydrogen-bond acceptors (Lipinski definition) is 3. The number of amides is 1. The van der Waals surface area contributed by atoms with Gasteiger partial charge in [0.05, 0.1) is 6.04 Å². The summed E-state index contributed by atoms with van der Waals surface area (Å²) in [6, 6.07) is 14.0. The fraction of sp³-hybridized carbons (Fsp3) is 0.235. The summed E-state index contributed by atoms with van der Waals surface area (Å²) in [5.74, 6) is -2.68. The van der Waals surface area contributed by atoms with E-state index in [0.717, 1.165) is 5.56 Å². The highest BCUT2D eigenvalue weighted by Gasteiger charge is 2.12. The van der Waals surface area contributed by atoms with E-state index >= 15 is 0 Å². The third-order valence-electron chi connectivity index (χ3n) is 3.31. The Labute approximate surface area is 143 Å². The molecule has 0 saturated heterocycles. The van der Waals surface area contributed by atoms with Crippen molar-refractivity contribution < 1.29 is 13.6 Å². The lowest BCUT2D eigenvalue weighted by atomic mass is 10.1. The fourth-order valence-corrected chi connectivity index (χ4v) is 2.95. The Morgan fingerprint density at radius 2 is 1.57 bits per heavy atom. The third-order valence-corrected chi connectivity index (χ3v) is 4.77. The number of thioether (sulfide) groups is 2. The summed E-state index contributed by atoms with van der Waals surface area (Å²) in [4.78, 5) is 13.8. The molecular formula is C17H17F2NOS2. The molecule has 2 aromatic carbocycles. The fourth-order valence-electron chi connectivity index (χ4n) is 2.04. The zero-order valence-electron chi connectivity index (χ0n) is 12.8. The van der Waals surface area contributed by atoms with Crippen molar-refractivity contribution in [1.82, 2.24) is 5.32 Å². The molecule has 0 aliphatic carbocycles. The minimum absolute atomic E-state index is 0.131. The van der Waals surface area contributed by atoms with Crippen LogP contribution >= 0.6 is 23.5 Å². The van der Waals surface area contributed by atoms with E-state index in [9.17, 15) is 13.6 Å².